The molecule has 9 heteroatoms. The van der Waals surface area contributed by atoms with Gasteiger partial charge in [0.2, 0.25) is 5.91 Å². The maximum absolute atomic E-state index is 13.1. The van der Waals surface area contributed by atoms with Crippen LogP contribution in [0.2, 0.25) is 0 Å². The van der Waals surface area contributed by atoms with Crippen LogP contribution in [-0.2, 0) is 14.3 Å². The van der Waals surface area contributed by atoms with Crippen LogP contribution in [0.3, 0.4) is 0 Å². The smallest absolute Gasteiger partial charge is 0.220 e. The molecule has 0 radical (unpaired) electrons. The fourth-order valence-corrected chi connectivity index (χ4v) is 9.14. The Kier molecular flexibility index (Phi) is 54.0. The molecule has 0 aromatic carbocycles. The van der Waals surface area contributed by atoms with Crippen molar-refractivity contribution in [2.75, 3.05) is 13.2 Å². The van der Waals surface area contributed by atoms with E-state index in [2.05, 4.69) is 153 Å². The van der Waals surface area contributed by atoms with Gasteiger partial charge in [0.05, 0.1) is 25.4 Å². The molecule has 80 heavy (non-hydrogen) atoms. The van der Waals surface area contributed by atoms with Gasteiger partial charge in [-0.1, -0.05) is 269 Å². The van der Waals surface area contributed by atoms with Gasteiger partial charge in [0, 0.05) is 6.42 Å². The normalized spacial score (nSPS) is 19.5. The van der Waals surface area contributed by atoms with Gasteiger partial charge in [0.1, 0.15) is 24.4 Å². The lowest BCUT2D eigenvalue weighted by atomic mass is 9.99. The van der Waals surface area contributed by atoms with Gasteiger partial charge >= 0.3 is 0 Å². The van der Waals surface area contributed by atoms with Crippen molar-refractivity contribution in [3.8, 4) is 0 Å². The van der Waals surface area contributed by atoms with Gasteiger partial charge in [-0.3, -0.25) is 4.79 Å². The minimum Gasteiger partial charge on any atom is -0.394 e. The van der Waals surface area contributed by atoms with Crippen molar-refractivity contribution in [1.82, 2.24) is 5.32 Å². The Morgan fingerprint density at radius 3 is 1.20 bits per heavy atom. The first-order valence-electron chi connectivity index (χ1n) is 32.1. The Morgan fingerprint density at radius 1 is 0.438 bits per heavy atom. The van der Waals surface area contributed by atoms with Crippen LogP contribution in [0.1, 0.15) is 239 Å². The molecule has 1 rings (SSSR count). The van der Waals surface area contributed by atoms with Crippen molar-refractivity contribution in [2.45, 2.75) is 281 Å². The van der Waals surface area contributed by atoms with Crippen molar-refractivity contribution in [2.24, 2.45) is 0 Å². The monoisotopic (exact) mass is 1110 g/mol. The molecule has 1 saturated heterocycles. The fraction of sp³-hybridized carbons (Fsp3) is 0.648. The number of carbonyl (C=O) groups is 1. The van der Waals surface area contributed by atoms with E-state index in [0.717, 1.165) is 128 Å². The third-order valence-electron chi connectivity index (χ3n) is 14.1. The SMILES string of the molecule is CC/C=C\C/C=C\C/C=C\C/C=C\C/C=C\C/C=C\C/C=C\C/C=C\C/C=C\C/C=C\CCCCCCCCC(=O)NC(COC1OC(CO)C(O)C(O)C1O)C(O)/C=C/CC/C=C/CCCCCCCCCCCCCCCC. The number of aliphatic hydroxyl groups excluding tert-OH is 5. The summed E-state index contributed by atoms with van der Waals surface area (Å²) in [4.78, 5) is 13.1. The van der Waals surface area contributed by atoms with Crippen molar-refractivity contribution in [3.05, 3.63) is 146 Å². The minimum absolute atomic E-state index is 0.206. The van der Waals surface area contributed by atoms with E-state index in [4.69, 9.17) is 9.47 Å². The van der Waals surface area contributed by atoms with Gasteiger partial charge in [0.25, 0.3) is 0 Å². The molecule has 0 saturated carbocycles. The largest absolute Gasteiger partial charge is 0.394 e. The van der Waals surface area contributed by atoms with E-state index in [1.165, 1.54) is 89.9 Å². The average molecular weight is 1110 g/mol. The van der Waals surface area contributed by atoms with Crippen LogP contribution >= 0.6 is 0 Å². The van der Waals surface area contributed by atoms with E-state index in [1.54, 1.807) is 6.08 Å². The van der Waals surface area contributed by atoms with Crippen LogP contribution in [0.4, 0.5) is 0 Å². The van der Waals surface area contributed by atoms with Crippen molar-refractivity contribution >= 4 is 5.91 Å². The second-order valence-electron chi connectivity index (χ2n) is 21.5. The van der Waals surface area contributed by atoms with Gasteiger partial charge in [-0.15, -0.1) is 0 Å². The summed E-state index contributed by atoms with van der Waals surface area (Å²) >= 11 is 0. The number of ether oxygens (including phenoxy) is 2. The van der Waals surface area contributed by atoms with E-state index < -0.39 is 49.5 Å². The Morgan fingerprint density at radius 2 is 0.787 bits per heavy atom. The molecule has 7 atom stereocenters. The number of hydrogen-bond acceptors (Lipinski definition) is 8. The highest BCUT2D eigenvalue weighted by Crippen LogP contribution is 2.23. The maximum Gasteiger partial charge on any atom is 0.220 e. The first-order chi connectivity index (χ1) is 39.3. The second-order valence-corrected chi connectivity index (χ2v) is 21.5. The van der Waals surface area contributed by atoms with Crippen LogP contribution in [0, 0.1) is 0 Å². The summed E-state index contributed by atoms with van der Waals surface area (Å²) in [7, 11) is 0. The molecule has 1 heterocycles. The zero-order valence-electron chi connectivity index (χ0n) is 50.5. The number of nitrogens with one attached hydrogen (secondary N) is 1. The molecular formula is C71H117NO8. The van der Waals surface area contributed by atoms with Gasteiger partial charge in [0.15, 0.2) is 6.29 Å². The minimum atomic E-state index is -1.58. The van der Waals surface area contributed by atoms with Crippen LogP contribution in [0.15, 0.2) is 146 Å². The summed E-state index contributed by atoms with van der Waals surface area (Å²) in [6.07, 6.45) is 83.5. The molecular weight excluding hydrogens is 995 g/mol. The highest BCUT2D eigenvalue weighted by molar-refractivity contribution is 5.76. The van der Waals surface area contributed by atoms with Gasteiger partial charge < -0.3 is 40.3 Å². The molecule has 454 valence electrons. The summed E-state index contributed by atoms with van der Waals surface area (Å²) in [6.45, 7) is 3.64. The third-order valence-corrected chi connectivity index (χ3v) is 14.1. The molecule has 1 amide bonds. The van der Waals surface area contributed by atoms with Crippen molar-refractivity contribution < 1.29 is 39.8 Å². The second kappa shape index (κ2) is 58.3. The molecule has 0 spiro atoms. The summed E-state index contributed by atoms with van der Waals surface area (Å²) in [5.74, 6) is -0.206. The molecule has 9 nitrogen and oxygen atoms in total. The van der Waals surface area contributed by atoms with Crippen LogP contribution < -0.4 is 5.32 Å². The van der Waals surface area contributed by atoms with Gasteiger partial charge in [-0.2, -0.15) is 0 Å². The topological polar surface area (TPSA) is 149 Å². The summed E-state index contributed by atoms with van der Waals surface area (Å²) in [5.41, 5.74) is 0. The Balaban J connectivity index is 2.22. The number of hydrogen-bond donors (Lipinski definition) is 6. The molecule has 1 fully saturated rings. The third kappa shape index (κ3) is 46.7. The lowest BCUT2D eigenvalue weighted by Crippen LogP contribution is -2.60. The van der Waals surface area contributed by atoms with E-state index in [-0.39, 0.29) is 12.5 Å². The number of allylic oxidation sites excluding steroid dienone is 23. The molecule has 7 unspecified atom stereocenters. The summed E-state index contributed by atoms with van der Waals surface area (Å²) in [6, 6.07) is -0.842. The van der Waals surface area contributed by atoms with E-state index in [1.807, 2.05) is 6.08 Å². The van der Waals surface area contributed by atoms with Crippen molar-refractivity contribution in [3.63, 3.8) is 0 Å². The number of amides is 1. The van der Waals surface area contributed by atoms with Crippen LogP contribution in [0.5, 0.6) is 0 Å². The maximum atomic E-state index is 13.1. The van der Waals surface area contributed by atoms with Crippen molar-refractivity contribution in [1.29, 1.82) is 0 Å². The Hall–Kier alpha value is -3.93. The first kappa shape index (κ1) is 74.1. The van der Waals surface area contributed by atoms with Gasteiger partial charge in [-0.25, -0.2) is 0 Å². The zero-order chi connectivity index (χ0) is 57.9. The molecule has 0 aromatic rings. The molecule has 0 aliphatic carbocycles. The van der Waals surface area contributed by atoms with Crippen LogP contribution in [0.25, 0.3) is 0 Å². The fourth-order valence-electron chi connectivity index (χ4n) is 9.14. The number of rotatable bonds is 53. The van der Waals surface area contributed by atoms with E-state index in [9.17, 15) is 30.3 Å². The average Bonchev–Trinajstić information content (AvgIpc) is 3.46. The predicted octanol–water partition coefficient (Wildman–Crippen LogP) is 17.0. The molecule has 0 aromatic heterocycles. The lowest BCUT2D eigenvalue weighted by Gasteiger charge is -2.40. The number of unbranched alkanes of at least 4 members (excludes halogenated alkanes) is 21. The molecule has 0 bridgehead atoms. The lowest BCUT2D eigenvalue weighted by molar-refractivity contribution is -0.302. The predicted molar refractivity (Wildman–Crippen MR) is 340 cm³/mol. The molecule has 1 aliphatic rings. The Bertz CT molecular complexity index is 1770. The standard InChI is InChI=1S/C71H117NO8/c1-3-5-7-9-11-13-15-17-19-21-23-25-26-27-28-29-30-31-32-33-34-35-36-37-38-39-40-41-43-45-47-49-51-53-55-57-59-61-67(75)72-64(63-79-71-70(78)69(77)68(76)66(62-73)80-71)65(74)60-58-56-54-52-50-48-46-44-42-24-22-20-18-16-14-12-10-8-6-4-2/h5,7,11,13,17,19,23,25,27-28,30-31,33-34,36-37,39-40,43,45,50,52,58,60,64-66,68-71,73-74,76-78H,3-4,6,8-10,12,14-16,18,20-22,24,26,29,32,35,38,41-42,44,46-49,51,53-57,59,61-63H2,1-2H3,(H,72,75)/b7-5-,13-11-,19-17-,25-23-,28-27-,31-30-,34-33-,37-36-,40-39-,45-43-,52-50+,60-58+. The first-order valence-corrected chi connectivity index (χ1v) is 32.1. The Labute approximate surface area is 489 Å². The molecule has 6 N–H and O–H groups in total. The highest BCUT2D eigenvalue weighted by atomic mass is 16.7. The van der Waals surface area contributed by atoms with E-state index >= 15 is 0 Å². The summed E-state index contributed by atoms with van der Waals surface area (Å²) < 4.78 is 11.3. The van der Waals surface area contributed by atoms with E-state index in [0.29, 0.717) is 6.42 Å². The number of carbonyl (C=O) groups excluding carboxylic acids is 1. The molecule has 1 aliphatic heterocycles. The highest BCUT2D eigenvalue weighted by Gasteiger charge is 2.44. The quantitative estimate of drug-likeness (QED) is 0.0261. The zero-order valence-corrected chi connectivity index (χ0v) is 50.5. The summed E-state index contributed by atoms with van der Waals surface area (Å²) in [5, 5.41) is 54.6. The van der Waals surface area contributed by atoms with Crippen LogP contribution in [-0.4, -0.2) is 87.5 Å². The number of aliphatic hydroxyl groups is 5. The van der Waals surface area contributed by atoms with Gasteiger partial charge in [-0.05, 0) is 109 Å².